The van der Waals surface area contributed by atoms with Crippen LogP contribution >= 0.6 is 0 Å². The molecular formula is C14H21N3O2. The van der Waals surface area contributed by atoms with Gasteiger partial charge in [0.1, 0.15) is 0 Å². The average Bonchev–Trinajstić information content (AvgIpc) is 2.93. The molecule has 0 saturated carbocycles. The number of hydrogen-bond acceptors (Lipinski definition) is 3. The summed E-state index contributed by atoms with van der Waals surface area (Å²) in [6.07, 6.45) is 2.49. The Morgan fingerprint density at radius 3 is 2.89 bits per heavy atom. The molecule has 0 bridgehead atoms. The van der Waals surface area contributed by atoms with E-state index in [1.807, 2.05) is 18.2 Å². The second-order valence-corrected chi connectivity index (χ2v) is 4.62. The third-order valence-corrected chi connectivity index (χ3v) is 3.17. The van der Waals surface area contributed by atoms with Crippen molar-refractivity contribution < 1.29 is 9.53 Å². The summed E-state index contributed by atoms with van der Waals surface area (Å²) in [5, 5.41) is 5.56. The number of benzene rings is 1. The summed E-state index contributed by atoms with van der Waals surface area (Å²) in [4.78, 5) is 14.0. The largest absolute Gasteiger partial charge is 0.383 e. The molecule has 1 aromatic carbocycles. The number of carbonyl (C=O) groups is 1. The van der Waals surface area contributed by atoms with Gasteiger partial charge >= 0.3 is 6.03 Å². The van der Waals surface area contributed by atoms with Gasteiger partial charge in [-0.25, -0.2) is 4.79 Å². The number of ether oxygens (including phenoxy) is 1. The lowest BCUT2D eigenvalue weighted by atomic mass is 10.2. The molecule has 5 heteroatoms. The van der Waals surface area contributed by atoms with Crippen molar-refractivity contribution in [2.24, 2.45) is 0 Å². The molecule has 1 fully saturated rings. The maximum Gasteiger partial charge on any atom is 0.319 e. The molecular weight excluding hydrogens is 242 g/mol. The third-order valence-electron chi connectivity index (χ3n) is 3.17. The van der Waals surface area contributed by atoms with Gasteiger partial charge in [-0.1, -0.05) is 6.07 Å². The molecule has 5 nitrogen and oxygen atoms in total. The number of nitrogens with zero attached hydrogens (tertiary/aromatic N) is 1. The van der Waals surface area contributed by atoms with E-state index >= 15 is 0 Å². The lowest BCUT2D eigenvalue weighted by Crippen LogP contribution is -2.31. The molecule has 0 radical (unpaired) electrons. The van der Waals surface area contributed by atoms with E-state index in [0.29, 0.717) is 13.2 Å². The number of carbonyl (C=O) groups excluding carboxylic acids is 1. The van der Waals surface area contributed by atoms with Gasteiger partial charge in [-0.15, -0.1) is 0 Å². The van der Waals surface area contributed by atoms with Crippen molar-refractivity contribution in [2.75, 3.05) is 43.6 Å². The van der Waals surface area contributed by atoms with Crippen LogP contribution in [0.25, 0.3) is 0 Å². The lowest BCUT2D eigenvalue weighted by Gasteiger charge is -2.18. The van der Waals surface area contributed by atoms with Crippen molar-refractivity contribution in [3.8, 4) is 0 Å². The van der Waals surface area contributed by atoms with Crippen molar-refractivity contribution in [1.82, 2.24) is 5.32 Å². The van der Waals surface area contributed by atoms with Crippen LogP contribution in [0.3, 0.4) is 0 Å². The Kier molecular flexibility index (Phi) is 5.03. The first-order valence-corrected chi connectivity index (χ1v) is 6.68. The third kappa shape index (κ3) is 4.13. The van der Waals surface area contributed by atoms with Crippen LogP contribution in [0.2, 0.25) is 0 Å². The topological polar surface area (TPSA) is 53.6 Å². The molecule has 0 aliphatic carbocycles. The van der Waals surface area contributed by atoms with Gasteiger partial charge in [0, 0.05) is 38.1 Å². The minimum atomic E-state index is -0.198. The van der Waals surface area contributed by atoms with Gasteiger partial charge in [0.05, 0.1) is 6.61 Å². The summed E-state index contributed by atoms with van der Waals surface area (Å²) in [7, 11) is 1.61. The first-order valence-electron chi connectivity index (χ1n) is 6.68. The number of anilines is 2. The summed E-state index contributed by atoms with van der Waals surface area (Å²) in [5.41, 5.74) is 1.99. The van der Waals surface area contributed by atoms with Crippen molar-refractivity contribution >= 4 is 17.4 Å². The predicted molar refractivity (Wildman–Crippen MR) is 76.8 cm³/mol. The zero-order valence-corrected chi connectivity index (χ0v) is 11.3. The Hall–Kier alpha value is -1.75. The molecule has 1 aliphatic heterocycles. The highest BCUT2D eigenvalue weighted by atomic mass is 16.5. The summed E-state index contributed by atoms with van der Waals surface area (Å²) in [6.45, 7) is 3.22. The number of amides is 2. The monoisotopic (exact) mass is 263 g/mol. The zero-order valence-electron chi connectivity index (χ0n) is 11.3. The maximum absolute atomic E-state index is 11.6. The fraction of sp³-hybridized carbons (Fsp3) is 0.500. The van der Waals surface area contributed by atoms with Gasteiger partial charge in [0.2, 0.25) is 0 Å². The summed E-state index contributed by atoms with van der Waals surface area (Å²) in [5.74, 6) is 0. The van der Waals surface area contributed by atoms with Crippen LogP contribution in [-0.4, -0.2) is 39.4 Å². The molecule has 0 unspecified atom stereocenters. The van der Waals surface area contributed by atoms with Crippen LogP contribution in [0.5, 0.6) is 0 Å². The molecule has 1 aliphatic rings. The van der Waals surface area contributed by atoms with E-state index in [9.17, 15) is 4.79 Å². The highest BCUT2D eigenvalue weighted by molar-refractivity contribution is 5.89. The molecule has 1 heterocycles. The van der Waals surface area contributed by atoms with E-state index in [1.165, 1.54) is 18.5 Å². The normalized spacial score (nSPS) is 14.5. The Morgan fingerprint density at radius 2 is 2.16 bits per heavy atom. The van der Waals surface area contributed by atoms with Gasteiger partial charge in [-0.05, 0) is 31.0 Å². The van der Waals surface area contributed by atoms with Gasteiger partial charge < -0.3 is 20.3 Å². The Bertz CT molecular complexity index is 417. The van der Waals surface area contributed by atoms with Crippen LogP contribution in [-0.2, 0) is 4.74 Å². The number of methoxy groups -OCH3 is 1. The standard InChI is InChI=1S/C14H21N3O2/c1-19-10-7-15-14(18)16-12-5-4-6-13(11-12)17-8-2-3-9-17/h4-6,11H,2-3,7-10H2,1H3,(H2,15,16,18). The van der Waals surface area contributed by atoms with Crippen LogP contribution in [0.1, 0.15) is 12.8 Å². The van der Waals surface area contributed by atoms with E-state index in [-0.39, 0.29) is 6.03 Å². The van der Waals surface area contributed by atoms with Gasteiger partial charge in [-0.2, -0.15) is 0 Å². The minimum absolute atomic E-state index is 0.198. The van der Waals surface area contributed by atoms with E-state index < -0.39 is 0 Å². The molecule has 1 aromatic rings. The van der Waals surface area contributed by atoms with E-state index in [1.54, 1.807) is 7.11 Å². The van der Waals surface area contributed by atoms with Crippen molar-refractivity contribution in [3.05, 3.63) is 24.3 Å². The zero-order chi connectivity index (χ0) is 13.5. The summed E-state index contributed by atoms with van der Waals surface area (Å²) in [6, 6.07) is 7.77. The van der Waals surface area contributed by atoms with E-state index in [0.717, 1.165) is 18.8 Å². The number of urea groups is 1. The number of hydrogen-bond donors (Lipinski definition) is 2. The number of nitrogens with one attached hydrogen (secondary N) is 2. The smallest absolute Gasteiger partial charge is 0.319 e. The molecule has 0 atom stereocenters. The van der Waals surface area contributed by atoms with Crippen LogP contribution in [0, 0.1) is 0 Å². The van der Waals surface area contributed by atoms with E-state index in [2.05, 4.69) is 21.6 Å². The molecule has 1 saturated heterocycles. The highest BCUT2D eigenvalue weighted by Crippen LogP contribution is 2.23. The van der Waals surface area contributed by atoms with Crippen LogP contribution in [0.15, 0.2) is 24.3 Å². The fourth-order valence-electron chi connectivity index (χ4n) is 2.20. The van der Waals surface area contributed by atoms with Crippen molar-refractivity contribution in [1.29, 1.82) is 0 Å². The lowest BCUT2D eigenvalue weighted by molar-refractivity contribution is 0.198. The van der Waals surface area contributed by atoms with Crippen LogP contribution < -0.4 is 15.5 Å². The maximum atomic E-state index is 11.6. The SMILES string of the molecule is COCCNC(=O)Nc1cccc(N2CCCC2)c1. The molecule has 19 heavy (non-hydrogen) atoms. The molecule has 2 N–H and O–H groups in total. The number of rotatable bonds is 5. The molecule has 104 valence electrons. The summed E-state index contributed by atoms with van der Waals surface area (Å²) < 4.78 is 4.88. The van der Waals surface area contributed by atoms with Gasteiger partial charge in [0.15, 0.2) is 0 Å². The van der Waals surface area contributed by atoms with Crippen molar-refractivity contribution in [2.45, 2.75) is 12.8 Å². The first-order chi connectivity index (χ1) is 9.29. The fourth-order valence-corrected chi connectivity index (χ4v) is 2.20. The average molecular weight is 263 g/mol. The molecule has 2 amide bonds. The Morgan fingerprint density at radius 1 is 1.37 bits per heavy atom. The van der Waals surface area contributed by atoms with Crippen LogP contribution in [0.4, 0.5) is 16.2 Å². The first kappa shape index (κ1) is 13.7. The predicted octanol–water partition coefficient (Wildman–Crippen LogP) is 2.05. The summed E-state index contributed by atoms with van der Waals surface area (Å²) >= 11 is 0. The van der Waals surface area contributed by atoms with Crippen molar-refractivity contribution in [3.63, 3.8) is 0 Å². The minimum Gasteiger partial charge on any atom is -0.383 e. The second-order valence-electron chi connectivity index (χ2n) is 4.62. The Labute approximate surface area is 113 Å². The van der Waals surface area contributed by atoms with E-state index in [4.69, 9.17) is 4.74 Å². The quantitative estimate of drug-likeness (QED) is 0.799. The Balaban J connectivity index is 1.89. The highest BCUT2D eigenvalue weighted by Gasteiger charge is 2.12. The second kappa shape index (κ2) is 6.99. The molecule has 0 aromatic heterocycles. The van der Waals surface area contributed by atoms with Gasteiger partial charge in [0.25, 0.3) is 0 Å². The van der Waals surface area contributed by atoms with Gasteiger partial charge in [-0.3, -0.25) is 0 Å². The molecule has 2 rings (SSSR count). The molecule has 0 spiro atoms.